The second-order valence-electron chi connectivity index (χ2n) is 17.0. The highest BCUT2D eigenvalue weighted by atomic mass is 16.6. The van der Waals surface area contributed by atoms with Gasteiger partial charge in [0.15, 0.2) is 6.10 Å². The minimum atomic E-state index is -0.816. The molecule has 0 aromatic carbocycles. The summed E-state index contributed by atoms with van der Waals surface area (Å²) in [5.74, 6) is -0.998. The molecule has 0 heterocycles. The molecule has 0 saturated heterocycles. The van der Waals surface area contributed by atoms with Crippen molar-refractivity contribution in [2.45, 2.75) is 219 Å². The van der Waals surface area contributed by atoms with Crippen molar-refractivity contribution < 1.29 is 28.6 Å². The number of ether oxygens (including phenoxy) is 3. The smallest absolute Gasteiger partial charge is 0.306 e. The summed E-state index contributed by atoms with van der Waals surface area (Å²) in [5.41, 5.74) is 0. The second-order valence-corrected chi connectivity index (χ2v) is 17.0. The third kappa shape index (κ3) is 52.4. The summed E-state index contributed by atoms with van der Waals surface area (Å²) in [4.78, 5) is 38.0. The highest BCUT2D eigenvalue weighted by Gasteiger charge is 2.19. The Kier molecular flexibility index (Phi) is 50.6. The van der Waals surface area contributed by atoms with Gasteiger partial charge in [-0.3, -0.25) is 14.4 Å². The van der Waals surface area contributed by atoms with Gasteiger partial charge in [-0.25, -0.2) is 0 Å². The van der Waals surface area contributed by atoms with Gasteiger partial charge in [0.05, 0.1) is 0 Å². The second kappa shape index (κ2) is 54.2. The first-order valence-corrected chi connectivity index (χ1v) is 26.7. The van der Waals surface area contributed by atoms with E-state index < -0.39 is 6.10 Å². The number of hydrogen-bond acceptors (Lipinski definition) is 6. The third-order valence-electron chi connectivity index (χ3n) is 10.7. The zero-order valence-corrected chi connectivity index (χ0v) is 42.9. The van der Waals surface area contributed by atoms with Crippen LogP contribution < -0.4 is 0 Å². The van der Waals surface area contributed by atoms with Gasteiger partial charge >= 0.3 is 17.9 Å². The highest BCUT2D eigenvalue weighted by Crippen LogP contribution is 2.13. The lowest BCUT2D eigenvalue weighted by atomic mass is 10.1. The minimum absolute atomic E-state index is 0.109. The molecule has 6 heteroatoms. The molecule has 0 aromatic rings. The molecule has 0 bridgehead atoms. The first-order valence-electron chi connectivity index (χ1n) is 26.7. The van der Waals surface area contributed by atoms with Gasteiger partial charge in [0.2, 0.25) is 0 Å². The van der Waals surface area contributed by atoms with E-state index in [1.54, 1.807) is 0 Å². The van der Waals surface area contributed by atoms with Crippen molar-refractivity contribution in [2.24, 2.45) is 0 Å². The SMILES string of the molecule is CC/C=C\C/C=C\C/C=C\C/C=C\C/C=C\C/C=C\CCCCC(=O)OCC(COC(=O)CCCCCCCCCCC)OC(=O)CCCCC/C=C\C/C=C\C/C=C\C/C=C\C/C=C\CC. The Bertz CT molecular complexity index is 1480. The molecular weight excluding hydrogens is 829 g/mol. The van der Waals surface area contributed by atoms with Crippen LogP contribution in [0.5, 0.6) is 0 Å². The van der Waals surface area contributed by atoms with Crippen LogP contribution in [0.2, 0.25) is 0 Å². The standard InChI is InChI=1S/C61H96O6/c1-4-7-10-13-16-19-21-23-25-27-29-30-32-33-35-37-39-42-45-48-51-54-60(63)66-57-58(56-65-59(62)53-50-47-44-41-18-15-12-9-6-3)67-61(64)55-52-49-46-43-40-38-36-34-31-28-26-24-22-20-17-14-11-8-5-2/h7-8,10-11,16-17,19-20,23-26,29-31,33-35,38-40,42,58H,4-6,9,12-15,18,21-22,27-28,32,36-37,41,43-57H2,1-3H3/b10-7-,11-8-,19-16-,20-17-,25-23-,26-24-,30-29-,34-31-,35-33-,40-38-,42-39-. The summed E-state index contributed by atoms with van der Waals surface area (Å²) in [6, 6.07) is 0. The number of carbonyl (C=O) groups excluding carboxylic acids is 3. The van der Waals surface area contributed by atoms with E-state index in [0.717, 1.165) is 122 Å². The van der Waals surface area contributed by atoms with Crippen molar-refractivity contribution in [3.63, 3.8) is 0 Å². The molecule has 0 radical (unpaired) electrons. The monoisotopic (exact) mass is 925 g/mol. The molecule has 0 fully saturated rings. The third-order valence-corrected chi connectivity index (χ3v) is 10.7. The lowest BCUT2D eigenvalue weighted by Gasteiger charge is -2.18. The Labute approximate surface area is 411 Å². The number of allylic oxidation sites excluding steroid dienone is 22. The van der Waals surface area contributed by atoms with Gasteiger partial charge < -0.3 is 14.2 Å². The Hall–Kier alpha value is -4.45. The molecule has 0 aliphatic heterocycles. The van der Waals surface area contributed by atoms with E-state index in [1.807, 2.05) is 0 Å². The minimum Gasteiger partial charge on any atom is -0.462 e. The van der Waals surface area contributed by atoms with Crippen LogP contribution in [0.4, 0.5) is 0 Å². The number of carbonyl (C=O) groups is 3. The maximum atomic E-state index is 12.8. The summed E-state index contributed by atoms with van der Waals surface area (Å²) in [5, 5.41) is 0. The van der Waals surface area contributed by atoms with Crippen LogP contribution in [0.25, 0.3) is 0 Å². The molecular formula is C61H96O6. The average molecular weight is 925 g/mol. The zero-order chi connectivity index (χ0) is 48.6. The van der Waals surface area contributed by atoms with Gasteiger partial charge in [0.1, 0.15) is 13.2 Å². The van der Waals surface area contributed by atoms with Crippen molar-refractivity contribution >= 4 is 17.9 Å². The highest BCUT2D eigenvalue weighted by molar-refractivity contribution is 5.71. The molecule has 0 aromatic heterocycles. The van der Waals surface area contributed by atoms with E-state index in [-0.39, 0.29) is 37.5 Å². The van der Waals surface area contributed by atoms with Crippen molar-refractivity contribution in [3.05, 3.63) is 134 Å². The van der Waals surface area contributed by atoms with E-state index >= 15 is 0 Å². The fourth-order valence-electron chi connectivity index (χ4n) is 6.71. The normalized spacial score (nSPS) is 13.2. The van der Waals surface area contributed by atoms with E-state index in [1.165, 1.54) is 38.5 Å². The van der Waals surface area contributed by atoms with Crippen LogP contribution in [0.3, 0.4) is 0 Å². The van der Waals surface area contributed by atoms with Crippen LogP contribution in [-0.2, 0) is 28.6 Å². The molecule has 1 unspecified atom stereocenters. The Morgan fingerprint density at radius 3 is 0.940 bits per heavy atom. The maximum Gasteiger partial charge on any atom is 0.306 e. The molecule has 376 valence electrons. The van der Waals surface area contributed by atoms with Crippen LogP contribution in [0.1, 0.15) is 213 Å². The summed E-state index contributed by atoms with van der Waals surface area (Å²) >= 11 is 0. The van der Waals surface area contributed by atoms with E-state index in [2.05, 4.69) is 154 Å². The molecule has 0 saturated carbocycles. The predicted octanol–water partition coefficient (Wildman–Crippen LogP) is 17.9. The fraction of sp³-hybridized carbons (Fsp3) is 0.590. The molecule has 6 nitrogen and oxygen atoms in total. The summed E-state index contributed by atoms with van der Waals surface area (Å²) < 4.78 is 16.7. The summed E-state index contributed by atoms with van der Waals surface area (Å²) in [6.45, 7) is 6.30. The summed E-state index contributed by atoms with van der Waals surface area (Å²) in [7, 11) is 0. The molecule has 0 rings (SSSR count). The van der Waals surface area contributed by atoms with Crippen molar-refractivity contribution in [1.82, 2.24) is 0 Å². The molecule has 1 atom stereocenters. The number of hydrogen-bond donors (Lipinski definition) is 0. The first kappa shape index (κ1) is 62.5. The Morgan fingerprint density at radius 1 is 0.313 bits per heavy atom. The quantitative estimate of drug-likeness (QED) is 0.0262. The Balaban J connectivity index is 4.49. The largest absolute Gasteiger partial charge is 0.462 e. The fourth-order valence-corrected chi connectivity index (χ4v) is 6.71. The van der Waals surface area contributed by atoms with E-state index in [4.69, 9.17) is 14.2 Å². The van der Waals surface area contributed by atoms with Crippen LogP contribution in [0.15, 0.2) is 134 Å². The zero-order valence-electron chi connectivity index (χ0n) is 42.9. The van der Waals surface area contributed by atoms with Crippen molar-refractivity contribution in [3.8, 4) is 0 Å². The van der Waals surface area contributed by atoms with Gasteiger partial charge in [-0.05, 0) is 116 Å². The van der Waals surface area contributed by atoms with E-state index in [9.17, 15) is 14.4 Å². The van der Waals surface area contributed by atoms with Gasteiger partial charge in [-0.2, -0.15) is 0 Å². The van der Waals surface area contributed by atoms with Crippen molar-refractivity contribution in [1.29, 1.82) is 0 Å². The average Bonchev–Trinajstić information content (AvgIpc) is 3.33. The van der Waals surface area contributed by atoms with Crippen molar-refractivity contribution in [2.75, 3.05) is 13.2 Å². The van der Waals surface area contributed by atoms with Crippen LogP contribution >= 0.6 is 0 Å². The Morgan fingerprint density at radius 2 is 0.582 bits per heavy atom. The predicted molar refractivity (Wildman–Crippen MR) is 288 cm³/mol. The number of rotatable bonds is 46. The topological polar surface area (TPSA) is 78.9 Å². The van der Waals surface area contributed by atoms with Crippen LogP contribution in [-0.4, -0.2) is 37.2 Å². The molecule has 0 aliphatic carbocycles. The van der Waals surface area contributed by atoms with Gasteiger partial charge in [0.25, 0.3) is 0 Å². The lowest BCUT2D eigenvalue weighted by molar-refractivity contribution is -0.167. The van der Waals surface area contributed by atoms with Gasteiger partial charge in [-0.1, -0.05) is 212 Å². The lowest BCUT2D eigenvalue weighted by Crippen LogP contribution is -2.30. The van der Waals surface area contributed by atoms with E-state index in [0.29, 0.717) is 25.7 Å². The van der Waals surface area contributed by atoms with Gasteiger partial charge in [0, 0.05) is 19.3 Å². The molecule has 67 heavy (non-hydrogen) atoms. The number of unbranched alkanes of at least 4 members (excludes halogenated alkanes) is 13. The summed E-state index contributed by atoms with van der Waals surface area (Å²) in [6.07, 6.45) is 75.9. The maximum absolute atomic E-state index is 12.8. The molecule has 0 N–H and O–H groups in total. The van der Waals surface area contributed by atoms with Gasteiger partial charge in [-0.15, -0.1) is 0 Å². The molecule has 0 amide bonds. The van der Waals surface area contributed by atoms with Crippen LogP contribution in [0, 0.1) is 0 Å². The number of esters is 3. The first-order chi connectivity index (χ1) is 33.0. The molecule has 0 aliphatic rings. The molecule has 0 spiro atoms.